The van der Waals surface area contributed by atoms with Crippen LogP contribution in [-0.4, -0.2) is 24.0 Å². The number of carbonyl (C=O) groups excluding carboxylic acids is 1. The number of benzene rings is 1. The molecule has 0 atom stereocenters. The highest BCUT2D eigenvalue weighted by Crippen LogP contribution is 2.16. The molecule has 5 nitrogen and oxygen atoms in total. The van der Waals surface area contributed by atoms with Crippen molar-refractivity contribution in [1.82, 2.24) is 10.3 Å². The van der Waals surface area contributed by atoms with Crippen LogP contribution in [0, 0.1) is 6.92 Å². The van der Waals surface area contributed by atoms with Crippen molar-refractivity contribution in [2.45, 2.75) is 26.4 Å². The lowest BCUT2D eigenvalue weighted by atomic mass is 10.2. The van der Waals surface area contributed by atoms with Gasteiger partial charge in [-0.05, 0) is 44.5 Å². The molecule has 118 valence electrons. The van der Waals surface area contributed by atoms with Crippen molar-refractivity contribution in [3.63, 3.8) is 0 Å². The van der Waals surface area contributed by atoms with Crippen LogP contribution in [0.5, 0.6) is 5.75 Å². The molecule has 22 heavy (non-hydrogen) atoms. The van der Waals surface area contributed by atoms with Gasteiger partial charge in [0.1, 0.15) is 12.4 Å². The van der Waals surface area contributed by atoms with Crippen molar-refractivity contribution in [2.75, 3.05) is 13.1 Å². The number of rotatable bonds is 8. The maximum Gasteiger partial charge on any atom is 0.251 e. The quantitative estimate of drug-likeness (QED) is 0.733. The lowest BCUT2D eigenvalue weighted by Crippen LogP contribution is -2.24. The normalized spacial score (nSPS) is 10.5. The van der Waals surface area contributed by atoms with Crippen molar-refractivity contribution < 1.29 is 9.53 Å². The fourth-order valence-corrected chi connectivity index (χ4v) is 2.53. The second kappa shape index (κ2) is 8.51. The van der Waals surface area contributed by atoms with Crippen LogP contribution in [0.2, 0.25) is 0 Å². The minimum absolute atomic E-state index is 0.0908. The number of ether oxygens (including phenoxy) is 1. The largest absolute Gasteiger partial charge is 0.487 e. The van der Waals surface area contributed by atoms with Crippen molar-refractivity contribution in [2.24, 2.45) is 5.73 Å². The number of amides is 1. The first kappa shape index (κ1) is 16.5. The van der Waals surface area contributed by atoms with E-state index in [1.165, 1.54) is 0 Å². The molecule has 1 aromatic carbocycles. The molecule has 0 saturated carbocycles. The average Bonchev–Trinajstić information content (AvgIpc) is 2.95. The third-order valence-electron chi connectivity index (χ3n) is 3.07. The third kappa shape index (κ3) is 5.13. The summed E-state index contributed by atoms with van der Waals surface area (Å²) in [5.74, 6) is 0.576. The van der Waals surface area contributed by atoms with Gasteiger partial charge in [-0.15, -0.1) is 11.3 Å². The average molecular weight is 319 g/mol. The Kier molecular flexibility index (Phi) is 6.36. The van der Waals surface area contributed by atoms with E-state index in [9.17, 15) is 4.79 Å². The Hall–Kier alpha value is -1.92. The fraction of sp³-hybridized carbons (Fsp3) is 0.375. The second-order valence-corrected chi connectivity index (χ2v) is 5.99. The van der Waals surface area contributed by atoms with E-state index in [-0.39, 0.29) is 5.91 Å². The molecule has 0 aliphatic heterocycles. The Morgan fingerprint density at radius 2 is 2.27 bits per heavy atom. The van der Waals surface area contributed by atoms with Crippen LogP contribution in [0.1, 0.15) is 33.9 Å². The summed E-state index contributed by atoms with van der Waals surface area (Å²) >= 11 is 1.60. The van der Waals surface area contributed by atoms with Gasteiger partial charge in [0, 0.05) is 17.5 Å². The number of nitrogens with two attached hydrogens (primary N) is 1. The molecule has 2 rings (SSSR count). The predicted octanol–water partition coefficient (Wildman–Crippen LogP) is 2.50. The number of thiazole rings is 1. The highest BCUT2D eigenvalue weighted by Gasteiger charge is 2.07. The Balaban J connectivity index is 1.87. The minimum atomic E-state index is -0.0908. The number of aryl methyl sites for hydroxylation is 1. The number of unbranched alkanes of at least 4 members (excludes halogenated alkanes) is 1. The van der Waals surface area contributed by atoms with Gasteiger partial charge in [0.25, 0.3) is 5.91 Å². The molecule has 1 heterocycles. The summed E-state index contributed by atoms with van der Waals surface area (Å²) < 4.78 is 5.69. The number of hydrogen-bond donors (Lipinski definition) is 2. The summed E-state index contributed by atoms with van der Waals surface area (Å²) in [6, 6.07) is 7.18. The SMILES string of the molecule is Cc1nc(COc2cccc(C(=O)NCCCCN)c2)cs1. The van der Waals surface area contributed by atoms with Gasteiger partial charge >= 0.3 is 0 Å². The van der Waals surface area contributed by atoms with Crippen molar-refractivity contribution in [3.8, 4) is 5.75 Å². The number of aromatic nitrogens is 1. The molecule has 0 aliphatic carbocycles. The molecule has 3 N–H and O–H groups in total. The summed E-state index contributed by atoms with van der Waals surface area (Å²) in [7, 11) is 0. The van der Waals surface area contributed by atoms with Gasteiger partial charge < -0.3 is 15.8 Å². The zero-order valence-corrected chi connectivity index (χ0v) is 13.5. The summed E-state index contributed by atoms with van der Waals surface area (Å²) in [6.45, 7) is 3.66. The van der Waals surface area contributed by atoms with Gasteiger partial charge in [0.15, 0.2) is 0 Å². The summed E-state index contributed by atoms with van der Waals surface area (Å²) in [4.78, 5) is 16.4. The fourth-order valence-electron chi connectivity index (χ4n) is 1.93. The molecule has 0 spiro atoms. The van der Waals surface area contributed by atoms with Crippen LogP contribution < -0.4 is 15.8 Å². The van der Waals surface area contributed by atoms with E-state index in [0.29, 0.717) is 31.0 Å². The Bertz CT molecular complexity index is 613. The first-order valence-electron chi connectivity index (χ1n) is 7.31. The van der Waals surface area contributed by atoms with Gasteiger partial charge in [-0.1, -0.05) is 6.07 Å². The van der Waals surface area contributed by atoms with Crippen LogP contribution in [0.4, 0.5) is 0 Å². The van der Waals surface area contributed by atoms with Crippen molar-refractivity contribution >= 4 is 17.2 Å². The molecule has 1 amide bonds. The van der Waals surface area contributed by atoms with Gasteiger partial charge in [-0.25, -0.2) is 4.98 Å². The maximum atomic E-state index is 12.0. The van der Waals surface area contributed by atoms with Crippen LogP contribution in [0.15, 0.2) is 29.6 Å². The first-order chi connectivity index (χ1) is 10.7. The summed E-state index contributed by atoms with van der Waals surface area (Å²) in [5, 5.41) is 5.87. The molecular formula is C16H21N3O2S. The van der Waals surface area contributed by atoms with Crippen LogP contribution in [-0.2, 0) is 6.61 Å². The Labute approximate surface area is 134 Å². The van der Waals surface area contributed by atoms with E-state index < -0.39 is 0 Å². The van der Waals surface area contributed by atoms with Crippen molar-refractivity contribution in [1.29, 1.82) is 0 Å². The van der Waals surface area contributed by atoms with E-state index in [2.05, 4.69) is 10.3 Å². The number of nitrogens with one attached hydrogen (secondary N) is 1. The van der Waals surface area contributed by atoms with E-state index in [0.717, 1.165) is 23.5 Å². The molecule has 0 radical (unpaired) electrons. The molecule has 0 aliphatic rings. The molecule has 1 aromatic heterocycles. The third-order valence-corrected chi connectivity index (χ3v) is 3.89. The predicted molar refractivity (Wildman–Crippen MR) is 88.2 cm³/mol. The number of hydrogen-bond acceptors (Lipinski definition) is 5. The van der Waals surface area contributed by atoms with Gasteiger partial charge in [0.2, 0.25) is 0 Å². The minimum Gasteiger partial charge on any atom is -0.487 e. The van der Waals surface area contributed by atoms with Crippen molar-refractivity contribution in [3.05, 3.63) is 45.9 Å². The second-order valence-electron chi connectivity index (χ2n) is 4.93. The summed E-state index contributed by atoms with van der Waals surface area (Å²) in [6.07, 6.45) is 1.80. The maximum absolute atomic E-state index is 12.0. The molecule has 0 fully saturated rings. The molecule has 2 aromatic rings. The van der Waals surface area contributed by atoms with Gasteiger partial charge in [0.05, 0.1) is 10.7 Å². The Morgan fingerprint density at radius 1 is 1.41 bits per heavy atom. The van der Waals surface area contributed by atoms with E-state index in [1.54, 1.807) is 23.5 Å². The molecule has 0 unspecified atom stereocenters. The van der Waals surface area contributed by atoms with Gasteiger partial charge in [-0.3, -0.25) is 4.79 Å². The first-order valence-corrected chi connectivity index (χ1v) is 8.19. The van der Waals surface area contributed by atoms with E-state index in [1.807, 2.05) is 24.4 Å². The standard InChI is InChI=1S/C16H21N3O2S/c1-12-19-14(11-22-12)10-21-15-6-4-5-13(9-15)16(20)18-8-3-2-7-17/h4-6,9,11H,2-3,7-8,10,17H2,1H3,(H,18,20). The summed E-state index contributed by atoms with van der Waals surface area (Å²) in [5.41, 5.74) is 6.92. The zero-order valence-electron chi connectivity index (χ0n) is 12.7. The van der Waals surface area contributed by atoms with Gasteiger partial charge in [-0.2, -0.15) is 0 Å². The number of carbonyl (C=O) groups is 1. The highest BCUT2D eigenvalue weighted by molar-refractivity contribution is 7.09. The van der Waals surface area contributed by atoms with E-state index >= 15 is 0 Å². The topological polar surface area (TPSA) is 77.2 Å². The Morgan fingerprint density at radius 3 is 3.00 bits per heavy atom. The molecule has 6 heteroatoms. The lowest BCUT2D eigenvalue weighted by Gasteiger charge is -2.08. The molecule has 0 bridgehead atoms. The van der Waals surface area contributed by atoms with E-state index in [4.69, 9.17) is 10.5 Å². The molecule has 0 saturated heterocycles. The molecular weight excluding hydrogens is 298 g/mol. The smallest absolute Gasteiger partial charge is 0.251 e. The van der Waals surface area contributed by atoms with Crippen LogP contribution in [0.25, 0.3) is 0 Å². The highest BCUT2D eigenvalue weighted by atomic mass is 32.1. The van der Waals surface area contributed by atoms with Crippen LogP contribution >= 0.6 is 11.3 Å². The van der Waals surface area contributed by atoms with Crippen LogP contribution in [0.3, 0.4) is 0 Å². The zero-order chi connectivity index (χ0) is 15.8. The lowest BCUT2D eigenvalue weighted by molar-refractivity contribution is 0.0952. The number of nitrogens with zero attached hydrogens (tertiary/aromatic N) is 1. The monoisotopic (exact) mass is 319 g/mol.